The molecule has 2 aromatic carbocycles. The highest BCUT2D eigenvalue weighted by molar-refractivity contribution is 7.99. The van der Waals surface area contributed by atoms with E-state index in [-0.39, 0.29) is 127 Å². The summed E-state index contributed by atoms with van der Waals surface area (Å²) in [5.41, 5.74) is 7.38. The standard InChI is InChI=1S/C54H72F2N6O14S.C2HF3O2/c1-54(2,3)52(44-30-38(41-32-40(55)10-11-42(41)56)34-60(44)33-37-8-5-4-6-9-37)62(20-7-18-57)50(68)36-77-35-39(53(71)72)31-45(63)43(12-15-51(69)70)59-47(65)17-22-73-24-26-75-28-29-76-27-25-74-23-19-58-46(64)16-21-61-48(66)13-14-49(61)67;3-2(4,5)1(6)7/h4-6,8-11,13-14,30,32,34,39,43,52H,7,12,15-29,31,33,35-36,57H2,1-3H3,(H,58,64)(H,59,65)(H,69,70)(H,71,72);(H,6,7)/t39-,43+,52-;/m0./s1. The van der Waals surface area contributed by atoms with Crippen LogP contribution in [0.2, 0.25) is 0 Å². The minimum absolute atomic E-state index is 0.00175. The molecule has 5 amide bonds. The van der Waals surface area contributed by atoms with Crippen molar-refractivity contribution in [1.82, 2.24) is 25.0 Å². The van der Waals surface area contributed by atoms with Crippen LogP contribution in [0.25, 0.3) is 11.1 Å². The molecule has 4 rings (SSSR count). The molecule has 0 aliphatic carbocycles. The number of hydrogen-bond acceptors (Lipinski definition) is 15. The van der Waals surface area contributed by atoms with Gasteiger partial charge in [-0.05, 0) is 54.6 Å². The first-order valence-corrected chi connectivity index (χ1v) is 27.8. The molecule has 464 valence electrons. The summed E-state index contributed by atoms with van der Waals surface area (Å²) < 4.78 is 85.1. The highest BCUT2D eigenvalue weighted by Gasteiger charge is 2.39. The van der Waals surface area contributed by atoms with Crippen LogP contribution in [0.1, 0.15) is 76.6 Å². The monoisotopic (exact) mass is 1210 g/mol. The Morgan fingerprint density at radius 3 is 1.93 bits per heavy atom. The van der Waals surface area contributed by atoms with Gasteiger partial charge in [-0.15, -0.1) is 0 Å². The van der Waals surface area contributed by atoms with Crippen LogP contribution in [0.5, 0.6) is 0 Å². The summed E-state index contributed by atoms with van der Waals surface area (Å²) >= 11 is 1.01. The van der Waals surface area contributed by atoms with E-state index in [1.165, 1.54) is 0 Å². The third kappa shape index (κ3) is 26.2. The molecular weight excluding hydrogens is 1140 g/mol. The lowest BCUT2D eigenvalue weighted by molar-refractivity contribution is -0.192. The summed E-state index contributed by atoms with van der Waals surface area (Å²) in [6, 6.07) is 12.6. The number of carboxylic acids is 3. The second-order valence-corrected chi connectivity index (χ2v) is 21.0. The molecular formula is C56H73F5N6O16S. The van der Waals surface area contributed by atoms with Crippen LogP contribution in [0.4, 0.5) is 22.0 Å². The highest BCUT2D eigenvalue weighted by atomic mass is 32.2. The van der Waals surface area contributed by atoms with Gasteiger partial charge in [0.2, 0.25) is 17.7 Å². The predicted molar refractivity (Wildman–Crippen MR) is 295 cm³/mol. The van der Waals surface area contributed by atoms with Gasteiger partial charge in [0.1, 0.15) is 11.6 Å². The number of hydrogen-bond donors (Lipinski definition) is 6. The van der Waals surface area contributed by atoms with E-state index in [9.17, 15) is 66.1 Å². The number of nitrogens with two attached hydrogens (primary N) is 1. The average Bonchev–Trinajstić information content (AvgIpc) is 2.62. The van der Waals surface area contributed by atoms with E-state index in [1.54, 1.807) is 17.2 Å². The Kier molecular flexibility index (Phi) is 31.0. The van der Waals surface area contributed by atoms with Crippen molar-refractivity contribution < 1.29 is 99.4 Å². The molecule has 1 aromatic heterocycles. The molecule has 1 aliphatic rings. The summed E-state index contributed by atoms with van der Waals surface area (Å²) in [6.45, 7) is 8.50. The number of rotatable bonds is 38. The van der Waals surface area contributed by atoms with E-state index in [4.69, 9.17) is 34.6 Å². The largest absolute Gasteiger partial charge is 0.490 e. The maximum atomic E-state index is 15.2. The number of benzene rings is 2. The zero-order valence-electron chi connectivity index (χ0n) is 46.9. The van der Waals surface area contributed by atoms with Gasteiger partial charge in [0, 0.05) is 92.8 Å². The normalized spacial score (nSPS) is 13.4. The number of thioether (sulfide) groups is 1. The van der Waals surface area contributed by atoms with Gasteiger partial charge in [-0.1, -0.05) is 51.1 Å². The number of imide groups is 1. The van der Waals surface area contributed by atoms with Crippen LogP contribution in [0, 0.1) is 23.0 Å². The lowest BCUT2D eigenvalue weighted by Crippen LogP contribution is -2.44. The lowest BCUT2D eigenvalue weighted by Gasteiger charge is -2.41. The predicted octanol–water partition coefficient (Wildman–Crippen LogP) is 5.01. The third-order valence-electron chi connectivity index (χ3n) is 12.3. The van der Waals surface area contributed by atoms with Crippen molar-refractivity contribution in [3.8, 4) is 11.1 Å². The third-order valence-corrected chi connectivity index (χ3v) is 13.4. The summed E-state index contributed by atoms with van der Waals surface area (Å²) in [5, 5.41) is 31.9. The van der Waals surface area contributed by atoms with Gasteiger partial charge in [-0.3, -0.25) is 43.3 Å². The Morgan fingerprint density at radius 2 is 1.37 bits per heavy atom. The molecule has 0 bridgehead atoms. The molecule has 3 aromatic rings. The summed E-state index contributed by atoms with van der Waals surface area (Å²) in [6.07, 6.45) is -2.11. The Morgan fingerprint density at radius 1 is 0.774 bits per heavy atom. The smallest absolute Gasteiger partial charge is 0.481 e. The van der Waals surface area contributed by atoms with E-state index < -0.39 is 95.5 Å². The number of nitrogens with one attached hydrogen (secondary N) is 2. The van der Waals surface area contributed by atoms with E-state index in [0.29, 0.717) is 24.2 Å². The van der Waals surface area contributed by atoms with Crippen molar-refractivity contribution in [3.05, 3.63) is 95.8 Å². The number of amides is 5. The molecule has 3 atom stereocenters. The number of halogens is 5. The van der Waals surface area contributed by atoms with Crippen LogP contribution in [0.15, 0.2) is 72.9 Å². The lowest BCUT2D eigenvalue weighted by atomic mass is 9.83. The number of ether oxygens (including phenoxy) is 4. The topological polar surface area (TPSA) is 313 Å². The summed E-state index contributed by atoms with van der Waals surface area (Å²) in [4.78, 5) is 111. The molecule has 0 radical (unpaired) electrons. The van der Waals surface area contributed by atoms with E-state index in [2.05, 4.69) is 10.6 Å². The highest BCUT2D eigenvalue weighted by Crippen LogP contribution is 2.41. The van der Waals surface area contributed by atoms with E-state index >= 15 is 4.39 Å². The fraction of sp³-hybridized carbons (Fsp3) is 0.518. The number of carbonyl (C=O) groups is 9. The quantitative estimate of drug-likeness (QED) is 0.0249. The van der Waals surface area contributed by atoms with Crippen LogP contribution in [-0.2, 0) is 68.6 Å². The average molecular weight is 1210 g/mol. The molecule has 2 heterocycles. The van der Waals surface area contributed by atoms with Gasteiger partial charge in [0.15, 0.2) is 5.78 Å². The Labute approximate surface area is 486 Å². The molecule has 0 spiro atoms. The Balaban J connectivity index is 0.00000247. The summed E-state index contributed by atoms with van der Waals surface area (Å²) in [7, 11) is 0. The van der Waals surface area contributed by atoms with Gasteiger partial charge < -0.3 is 60.1 Å². The molecule has 0 saturated carbocycles. The van der Waals surface area contributed by atoms with Crippen LogP contribution in [-0.4, -0.2) is 186 Å². The van der Waals surface area contributed by atoms with E-state index in [0.717, 1.165) is 52.6 Å². The second kappa shape index (κ2) is 36.6. The van der Waals surface area contributed by atoms with E-state index in [1.807, 2.05) is 55.7 Å². The van der Waals surface area contributed by atoms with Crippen molar-refractivity contribution >= 4 is 65.0 Å². The summed E-state index contributed by atoms with van der Waals surface area (Å²) in [5.74, 6) is -11.0. The van der Waals surface area contributed by atoms with Crippen LogP contribution < -0.4 is 16.4 Å². The number of aliphatic carboxylic acids is 3. The minimum atomic E-state index is -5.08. The number of nitrogens with zero attached hydrogens (tertiary/aromatic N) is 3. The SMILES string of the molecule is CC(C)(C)[C@H](c1cc(-c2cc(F)ccc2F)cn1Cc1ccccc1)N(CCCN)C(=O)CSC[C@H](CC(=O)[C@@H](CCC(=O)O)NC(=O)CCOCCOCCOCCOCCNC(=O)CCN1C(=O)C=CC1=O)C(=O)O.O=C(O)C(F)(F)F. The van der Waals surface area contributed by atoms with Crippen molar-refractivity contribution in [1.29, 1.82) is 0 Å². The Hall–Kier alpha value is -7.11. The molecule has 0 fully saturated rings. The second-order valence-electron chi connectivity index (χ2n) is 19.9. The minimum Gasteiger partial charge on any atom is -0.481 e. The first kappa shape index (κ1) is 71.2. The van der Waals surface area contributed by atoms with Crippen molar-refractivity contribution in [3.63, 3.8) is 0 Å². The van der Waals surface area contributed by atoms with Gasteiger partial charge in [0.25, 0.3) is 11.8 Å². The van der Waals surface area contributed by atoms with Crippen LogP contribution in [0.3, 0.4) is 0 Å². The van der Waals surface area contributed by atoms with Gasteiger partial charge in [-0.25, -0.2) is 13.6 Å². The van der Waals surface area contributed by atoms with Crippen molar-refractivity contribution in [2.24, 2.45) is 17.1 Å². The Bertz CT molecular complexity index is 2670. The molecule has 84 heavy (non-hydrogen) atoms. The van der Waals surface area contributed by atoms with Gasteiger partial charge in [-0.2, -0.15) is 24.9 Å². The molecule has 0 unspecified atom stereocenters. The maximum absolute atomic E-state index is 15.2. The van der Waals surface area contributed by atoms with Crippen LogP contribution >= 0.6 is 11.8 Å². The molecule has 7 N–H and O–H groups in total. The zero-order valence-corrected chi connectivity index (χ0v) is 47.7. The number of alkyl halides is 3. The maximum Gasteiger partial charge on any atom is 0.490 e. The number of carbonyl (C=O) groups excluding carboxylic acids is 6. The van der Waals surface area contributed by atoms with Crippen molar-refractivity contribution in [2.75, 3.05) is 90.5 Å². The number of ketones is 1. The van der Waals surface area contributed by atoms with Gasteiger partial charge in [0.05, 0.1) is 76.6 Å². The zero-order chi connectivity index (χ0) is 62.4. The number of aromatic nitrogens is 1. The van der Waals surface area contributed by atoms with Gasteiger partial charge >= 0.3 is 24.1 Å². The first-order chi connectivity index (χ1) is 39.7. The molecule has 0 saturated heterocycles. The molecule has 28 heteroatoms. The molecule has 1 aliphatic heterocycles. The molecule has 22 nitrogen and oxygen atoms in total. The fourth-order valence-corrected chi connectivity index (χ4v) is 9.24. The number of carboxylic acid groups (broad SMARTS) is 3. The first-order valence-electron chi connectivity index (χ1n) is 26.7. The van der Waals surface area contributed by atoms with Crippen molar-refractivity contribution in [2.45, 2.75) is 84.1 Å². The fourth-order valence-electron chi connectivity index (χ4n) is 8.24. The number of Topliss-reactive ketones (excluding diaryl/α,β-unsaturated/α-hetero) is 1.